The van der Waals surface area contributed by atoms with E-state index in [4.69, 9.17) is 4.74 Å². The van der Waals surface area contributed by atoms with Gasteiger partial charge in [0, 0.05) is 19.1 Å². The molecular formula is C13H24N2O2. The molecule has 0 aliphatic carbocycles. The molecule has 2 aliphatic rings. The van der Waals surface area contributed by atoms with E-state index in [2.05, 4.69) is 12.2 Å². The summed E-state index contributed by atoms with van der Waals surface area (Å²) < 4.78 is 5.52. The van der Waals surface area contributed by atoms with Crippen LogP contribution in [-0.2, 0) is 4.74 Å². The molecule has 3 atom stereocenters. The second-order valence-electron chi connectivity index (χ2n) is 6.30. The number of hydrogen-bond donors (Lipinski definition) is 1. The first kappa shape index (κ1) is 12.7. The Labute approximate surface area is 104 Å². The fourth-order valence-electron chi connectivity index (χ4n) is 2.89. The summed E-state index contributed by atoms with van der Waals surface area (Å²) in [5.74, 6) is 0.610. The number of nitrogens with zero attached hydrogens (tertiary/aromatic N) is 1. The summed E-state index contributed by atoms with van der Waals surface area (Å²) in [7, 11) is 0. The third kappa shape index (κ3) is 2.73. The zero-order valence-electron chi connectivity index (χ0n) is 11.3. The van der Waals surface area contributed by atoms with E-state index < -0.39 is 5.60 Å². The maximum Gasteiger partial charge on any atom is 0.410 e. The molecule has 0 bridgehead atoms. The van der Waals surface area contributed by atoms with Crippen LogP contribution in [0.5, 0.6) is 0 Å². The van der Waals surface area contributed by atoms with Gasteiger partial charge in [-0.3, -0.25) is 0 Å². The van der Waals surface area contributed by atoms with Crippen LogP contribution in [0.15, 0.2) is 0 Å². The van der Waals surface area contributed by atoms with Gasteiger partial charge in [0.05, 0.1) is 6.04 Å². The molecule has 2 rings (SSSR count). The molecule has 0 saturated carbocycles. The molecule has 4 nitrogen and oxygen atoms in total. The first-order chi connectivity index (χ1) is 7.88. The van der Waals surface area contributed by atoms with Crippen LogP contribution in [0.2, 0.25) is 0 Å². The lowest BCUT2D eigenvalue weighted by Crippen LogP contribution is -2.54. The molecule has 3 unspecified atom stereocenters. The van der Waals surface area contributed by atoms with Crippen molar-refractivity contribution in [3.63, 3.8) is 0 Å². The Kier molecular flexibility index (Phi) is 3.34. The molecule has 2 fully saturated rings. The number of rotatable bonds is 0. The minimum atomic E-state index is -0.407. The van der Waals surface area contributed by atoms with Crippen molar-refractivity contribution < 1.29 is 9.53 Å². The summed E-state index contributed by atoms with van der Waals surface area (Å²) in [4.78, 5) is 14.2. The monoisotopic (exact) mass is 240 g/mol. The van der Waals surface area contributed by atoms with Gasteiger partial charge in [-0.05, 0) is 46.5 Å². The van der Waals surface area contributed by atoms with Crippen molar-refractivity contribution in [2.24, 2.45) is 5.92 Å². The molecule has 0 spiro atoms. The number of fused-ring (bicyclic) bond motifs is 1. The molecule has 98 valence electrons. The summed E-state index contributed by atoms with van der Waals surface area (Å²) in [5.41, 5.74) is -0.407. The van der Waals surface area contributed by atoms with Gasteiger partial charge in [-0.25, -0.2) is 4.79 Å². The Balaban J connectivity index is 2.08. The van der Waals surface area contributed by atoms with Gasteiger partial charge >= 0.3 is 6.09 Å². The fourth-order valence-corrected chi connectivity index (χ4v) is 2.89. The fraction of sp³-hybridized carbons (Fsp3) is 0.923. The molecule has 4 heteroatoms. The molecule has 2 heterocycles. The van der Waals surface area contributed by atoms with Crippen molar-refractivity contribution in [2.45, 2.75) is 58.2 Å². The lowest BCUT2D eigenvalue weighted by molar-refractivity contribution is -0.00707. The van der Waals surface area contributed by atoms with Crippen molar-refractivity contribution in [3.8, 4) is 0 Å². The van der Waals surface area contributed by atoms with Crippen molar-refractivity contribution >= 4 is 6.09 Å². The lowest BCUT2D eigenvalue weighted by atomic mass is 9.88. The van der Waals surface area contributed by atoms with Gasteiger partial charge in [-0.15, -0.1) is 0 Å². The van der Waals surface area contributed by atoms with E-state index in [0.29, 0.717) is 18.0 Å². The van der Waals surface area contributed by atoms with Crippen molar-refractivity contribution in [3.05, 3.63) is 0 Å². The van der Waals surface area contributed by atoms with E-state index in [9.17, 15) is 4.79 Å². The Morgan fingerprint density at radius 3 is 2.65 bits per heavy atom. The van der Waals surface area contributed by atoms with Gasteiger partial charge in [0.25, 0.3) is 0 Å². The number of amides is 1. The number of carbonyl (C=O) groups is 1. The van der Waals surface area contributed by atoms with Crippen LogP contribution in [0.25, 0.3) is 0 Å². The van der Waals surface area contributed by atoms with E-state index >= 15 is 0 Å². The number of carbonyl (C=O) groups excluding carboxylic acids is 1. The average molecular weight is 240 g/mol. The van der Waals surface area contributed by atoms with E-state index in [1.54, 1.807) is 0 Å². The summed E-state index contributed by atoms with van der Waals surface area (Å²) >= 11 is 0. The Morgan fingerprint density at radius 1 is 1.29 bits per heavy atom. The molecule has 0 radical (unpaired) electrons. The van der Waals surface area contributed by atoms with Gasteiger partial charge in [0.1, 0.15) is 5.60 Å². The van der Waals surface area contributed by atoms with Crippen LogP contribution in [0.4, 0.5) is 4.79 Å². The third-order valence-electron chi connectivity index (χ3n) is 3.70. The lowest BCUT2D eigenvalue weighted by Gasteiger charge is -2.42. The number of hydrogen-bond acceptors (Lipinski definition) is 3. The maximum absolute atomic E-state index is 12.2. The SMILES string of the molecule is CC1CCC2CNCC2N1C(=O)OC(C)(C)C. The normalized spacial score (nSPS) is 33.4. The van der Waals surface area contributed by atoms with Gasteiger partial charge in [-0.1, -0.05) is 0 Å². The second kappa shape index (κ2) is 4.48. The molecule has 0 aromatic rings. The largest absolute Gasteiger partial charge is 0.444 e. The van der Waals surface area contributed by atoms with Crippen LogP contribution in [0, 0.1) is 5.92 Å². The Hall–Kier alpha value is -0.770. The molecular weight excluding hydrogens is 216 g/mol. The standard InChI is InChI=1S/C13H24N2O2/c1-9-5-6-10-7-14-8-11(10)15(9)12(16)17-13(2,3)4/h9-11,14H,5-8H2,1-4H3. The van der Waals surface area contributed by atoms with Gasteiger partial charge in [-0.2, -0.15) is 0 Å². The Bertz CT molecular complexity index is 298. The highest BCUT2D eigenvalue weighted by Gasteiger charge is 2.42. The van der Waals surface area contributed by atoms with E-state index in [1.807, 2.05) is 25.7 Å². The second-order valence-corrected chi connectivity index (χ2v) is 6.30. The number of nitrogens with one attached hydrogen (secondary N) is 1. The van der Waals surface area contributed by atoms with Gasteiger partial charge in [0.15, 0.2) is 0 Å². The zero-order valence-corrected chi connectivity index (χ0v) is 11.3. The summed E-state index contributed by atoms with van der Waals surface area (Å²) in [5, 5.41) is 3.38. The summed E-state index contributed by atoms with van der Waals surface area (Å²) in [6.07, 6.45) is 2.16. The maximum atomic E-state index is 12.2. The molecule has 2 aliphatic heterocycles. The molecule has 1 N–H and O–H groups in total. The van der Waals surface area contributed by atoms with Crippen LogP contribution >= 0.6 is 0 Å². The van der Waals surface area contributed by atoms with Gasteiger partial charge in [0.2, 0.25) is 0 Å². The van der Waals surface area contributed by atoms with Crippen LogP contribution in [0.3, 0.4) is 0 Å². The highest BCUT2D eigenvalue weighted by Crippen LogP contribution is 2.31. The van der Waals surface area contributed by atoms with Crippen molar-refractivity contribution in [1.82, 2.24) is 10.2 Å². The number of ether oxygens (including phenoxy) is 1. The van der Waals surface area contributed by atoms with E-state index in [0.717, 1.165) is 19.5 Å². The van der Waals surface area contributed by atoms with Crippen molar-refractivity contribution in [2.75, 3.05) is 13.1 Å². The topological polar surface area (TPSA) is 41.6 Å². The Morgan fingerprint density at radius 2 is 2.00 bits per heavy atom. The summed E-state index contributed by atoms with van der Waals surface area (Å²) in [6.45, 7) is 9.83. The third-order valence-corrected chi connectivity index (χ3v) is 3.70. The van der Waals surface area contributed by atoms with E-state index in [1.165, 1.54) is 6.42 Å². The minimum Gasteiger partial charge on any atom is -0.444 e. The molecule has 1 amide bonds. The quantitative estimate of drug-likeness (QED) is 0.704. The van der Waals surface area contributed by atoms with Crippen LogP contribution < -0.4 is 5.32 Å². The summed E-state index contributed by atoms with van der Waals surface area (Å²) in [6, 6.07) is 0.625. The van der Waals surface area contributed by atoms with Crippen LogP contribution in [-0.4, -0.2) is 41.8 Å². The molecule has 0 aromatic heterocycles. The minimum absolute atomic E-state index is 0.150. The molecule has 0 aromatic carbocycles. The predicted octanol–water partition coefficient (Wildman–Crippen LogP) is 1.99. The van der Waals surface area contributed by atoms with E-state index in [-0.39, 0.29) is 6.09 Å². The van der Waals surface area contributed by atoms with Gasteiger partial charge < -0.3 is 15.0 Å². The zero-order chi connectivity index (χ0) is 12.6. The average Bonchev–Trinajstić information content (AvgIpc) is 2.61. The highest BCUT2D eigenvalue weighted by molar-refractivity contribution is 5.69. The first-order valence-corrected chi connectivity index (χ1v) is 6.60. The smallest absolute Gasteiger partial charge is 0.410 e. The first-order valence-electron chi connectivity index (χ1n) is 6.60. The number of piperidine rings is 1. The highest BCUT2D eigenvalue weighted by atomic mass is 16.6. The molecule has 2 saturated heterocycles. The molecule has 17 heavy (non-hydrogen) atoms. The predicted molar refractivity (Wildman–Crippen MR) is 66.9 cm³/mol. The van der Waals surface area contributed by atoms with Crippen LogP contribution in [0.1, 0.15) is 40.5 Å². The number of likely N-dealkylation sites (tertiary alicyclic amines) is 1. The van der Waals surface area contributed by atoms with Crippen molar-refractivity contribution in [1.29, 1.82) is 0 Å².